The number of nitrogens with zero attached hydrogens (tertiary/aromatic N) is 2. The number of rotatable bonds is 3. The zero-order valence-electron chi connectivity index (χ0n) is 9.30. The highest BCUT2D eigenvalue weighted by Gasteiger charge is 1.98. The van der Waals surface area contributed by atoms with Gasteiger partial charge in [0.15, 0.2) is 0 Å². The van der Waals surface area contributed by atoms with Crippen LogP contribution in [-0.2, 0) is 0 Å². The lowest BCUT2D eigenvalue weighted by atomic mass is 10.2. The Morgan fingerprint density at radius 2 is 2.31 bits per heavy atom. The third-order valence-electron chi connectivity index (χ3n) is 2.32. The number of hydrogen-bond donors (Lipinski definition) is 1. The molecule has 1 heterocycles. The lowest BCUT2D eigenvalue weighted by molar-refractivity contribution is 0.879. The van der Waals surface area contributed by atoms with Gasteiger partial charge in [-0.15, -0.1) is 0 Å². The molecule has 3 nitrogen and oxygen atoms in total. The Kier molecular flexibility index (Phi) is 3.17. The second-order valence-electron chi connectivity index (χ2n) is 3.70. The van der Waals surface area contributed by atoms with Gasteiger partial charge in [-0.1, -0.05) is 24.3 Å². The lowest BCUT2D eigenvalue weighted by Crippen LogP contribution is -1.93. The van der Waals surface area contributed by atoms with Gasteiger partial charge in [0.05, 0.1) is 11.9 Å². The van der Waals surface area contributed by atoms with Gasteiger partial charge in [-0.05, 0) is 24.6 Å². The van der Waals surface area contributed by atoms with Crippen LogP contribution in [0.5, 0.6) is 0 Å². The third kappa shape index (κ3) is 2.38. The Bertz CT molecular complexity index is 497. The van der Waals surface area contributed by atoms with Gasteiger partial charge in [0.1, 0.15) is 0 Å². The fraction of sp³-hybridized carbons (Fsp3) is 0.154. The SMILES string of the molecule is Cc1cccc(-n2cc(C=CCN)cn2)c1. The summed E-state index contributed by atoms with van der Waals surface area (Å²) in [5.74, 6) is 0. The predicted octanol–water partition coefficient (Wildman–Crippen LogP) is 2.15. The molecule has 0 aliphatic carbocycles. The summed E-state index contributed by atoms with van der Waals surface area (Å²) in [5, 5.41) is 4.31. The van der Waals surface area contributed by atoms with E-state index in [1.54, 1.807) is 0 Å². The van der Waals surface area contributed by atoms with Gasteiger partial charge in [-0.3, -0.25) is 0 Å². The first kappa shape index (κ1) is 10.6. The largest absolute Gasteiger partial charge is 0.327 e. The van der Waals surface area contributed by atoms with Crippen molar-refractivity contribution in [3.63, 3.8) is 0 Å². The van der Waals surface area contributed by atoms with Crippen LogP contribution >= 0.6 is 0 Å². The Morgan fingerprint density at radius 3 is 3.06 bits per heavy atom. The Hall–Kier alpha value is -1.87. The first-order chi connectivity index (χ1) is 7.79. The number of hydrogen-bond acceptors (Lipinski definition) is 2. The molecule has 3 heteroatoms. The Balaban J connectivity index is 2.28. The lowest BCUT2D eigenvalue weighted by Gasteiger charge is -2.01. The van der Waals surface area contributed by atoms with Gasteiger partial charge < -0.3 is 5.73 Å². The maximum absolute atomic E-state index is 5.40. The first-order valence-electron chi connectivity index (χ1n) is 5.28. The minimum absolute atomic E-state index is 0.551. The molecule has 82 valence electrons. The maximum atomic E-state index is 5.40. The van der Waals surface area contributed by atoms with Crippen LogP contribution in [0.1, 0.15) is 11.1 Å². The van der Waals surface area contributed by atoms with Gasteiger partial charge in [0.2, 0.25) is 0 Å². The van der Waals surface area contributed by atoms with E-state index in [2.05, 4.69) is 24.2 Å². The van der Waals surface area contributed by atoms with Gasteiger partial charge in [0, 0.05) is 18.3 Å². The average Bonchev–Trinajstić information content (AvgIpc) is 2.75. The molecule has 2 aromatic rings. The Labute approximate surface area is 95.2 Å². The molecule has 0 unspecified atom stereocenters. The second-order valence-corrected chi connectivity index (χ2v) is 3.70. The van der Waals surface area contributed by atoms with Crippen LogP contribution in [0.4, 0.5) is 0 Å². The molecule has 2 N–H and O–H groups in total. The summed E-state index contributed by atoms with van der Waals surface area (Å²) in [6.07, 6.45) is 7.70. The quantitative estimate of drug-likeness (QED) is 0.849. The van der Waals surface area contributed by atoms with Gasteiger partial charge in [-0.25, -0.2) is 4.68 Å². The molecule has 0 atom stereocenters. The van der Waals surface area contributed by atoms with E-state index >= 15 is 0 Å². The van der Waals surface area contributed by atoms with Gasteiger partial charge in [0.25, 0.3) is 0 Å². The smallest absolute Gasteiger partial charge is 0.0648 e. The van der Waals surface area contributed by atoms with Crippen LogP contribution in [0.2, 0.25) is 0 Å². The Morgan fingerprint density at radius 1 is 1.44 bits per heavy atom. The molecule has 1 aromatic heterocycles. The average molecular weight is 213 g/mol. The van der Waals surface area contributed by atoms with Crippen molar-refractivity contribution in [2.45, 2.75) is 6.92 Å². The molecule has 0 bridgehead atoms. The molecular weight excluding hydrogens is 198 g/mol. The first-order valence-corrected chi connectivity index (χ1v) is 5.28. The topological polar surface area (TPSA) is 43.8 Å². The second kappa shape index (κ2) is 4.77. The molecule has 16 heavy (non-hydrogen) atoms. The zero-order chi connectivity index (χ0) is 11.4. The predicted molar refractivity (Wildman–Crippen MR) is 66.4 cm³/mol. The number of aromatic nitrogens is 2. The van der Waals surface area contributed by atoms with E-state index in [0.717, 1.165) is 11.3 Å². The fourth-order valence-corrected chi connectivity index (χ4v) is 1.54. The van der Waals surface area contributed by atoms with Crippen LogP contribution < -0.4 is 5.73 Å². The molecule has 0 aliphatic rings. The molecule has 0 aliphatic heterocycles. The highest BCUT2D eigenvalue weighted by molar-refractivity contribution is 5.48. The van der Waals surface area contributed by atoms with E-state index in [1.165, 1.54) is 5.56 Å². The van der Waals surface area contributed by atoms with Crippen LogP contribution in [0.15, 0.2) is 42.7 Å². The summed E-state index contributed by atoms with van der Waals surface area (Å²) in [6, 6.07) is 8.24. The molecule has 0 fully saturated rings. The molecule has 0 saturated carbocycles. The van der Waals surface area contributed by atoms with Crippen LogP contribution in [-0.4, -0.2) is 16.3 Å². The number of nitrogens with two attached hydrogens (primary N) is 1. The number of aryl methyl sites for hydroxylation is 1. The normalized spacial score (nSPS) is 11.1. The van der Waals surface area contributed by atoms with Crippen molar-refractivity contribution in [1.29, 1.82) is 0 Å². The van der Waals surface area contributed by atoms with E-state index in [1.807, 2.05) is 41.4 Å². The van der Waals surface area contributed by atoms with E-state index in [9.17, 15) is 0 Å². The van der Waals surface area contributed by atoms with Crippen LogP contribution in [0.3, 0.4) is 0 Å². The van der Waals surface area contributed by atoms with Crippen molar-refractivity contribution in [3.8, 4) is 5.69 Å². The van der Waals surface area contributed by atoms with E-state index in [-0.39, 0.29) is 0 Å². The van der Waals surface area contributed by atoms with E-state index < -0.39 is 0 Å². The van der Waals surface area contributed by atoms with Crippen molar-refractivity contribution in [2.24, 2.45) is 5.73 Å². The van der Waals surface area contributed by atoms with Crippen molar-refractivity contribution in [3.05, 3.63) is 53.9 Å². The molecule has 0 saturated heterocycles. The summed E-state index contributed by atoms with van der Waals surface area (Å²) in [7, 11) is 0. The highest BCUT2D eigenvalue weighted by atomic mass is 15.3. The van der Waals surface area contributed by atoms with Crippen molar-refractivity contribution >= 4 is 6.08 Å². The highest BCUT2D eigenvalue weighted by Crippen LogP contribution is 2.10. The summed E-state index contributed by atoms with van der Waals surface area (Å²) in [5.41, 5.74) is 8.77. The molecule has 2 rings (SSSR count). The molecular formula is C13H15N3. The standard InChI is InChI=1S/C13H15N3/c1-11-4-2-6-13(8-11)16-10-12(9-15-16)5-3-7-14/h2-6,8-10H,7,14H2,1H3. The summed E-state index contributed by atoms with van der Waals surface area (Å²) in [6.45, 7) is 2.62. The molecule has 1 aromatic carbocycles. The fourth-order valence-electron chi connectivity index (χ4n) is 1.54. The summed E-state index contributed by atoms with van der Waals surface area (Å²) in [4.78, 5) is 0. The number of benzene rings is 1. The maximum Gasteiger partial charge on any atom is 0.0648 e. The monoisotopic (exact) mass is 213 g/mol. The van der Waals surface area contributed by atoms with E-state index in [4.69, 9.17) is 5.73 Å². The van der Waals surface area contributed by atoms with Gasteiger partial charge >= 0.3 is 0 Å². The van der Waals surface area contributed by atoms with Crippen LogP contribution in [0, 0.1) is 6.92 Å². The molecule has 0 amide bonds. The zero-order valence-corrected chi connectivity index (χ0v) is 9.30. The summed E-state index contributed by atoms with van der Waals surface area (Å²) >= 11 is 0. The third-order valence-corrected chi connectivity index (χ3v) is 2.32. The summed E-state index contributed by atoms with van der Waals surface area (Å²) < 4.78 is 1.86. The van der Waals surface area contributed by atoms with Gasteiger partial charge in [-0.2, -0.15) is 5.10 Å². The van der Waals surface area contributed by atoms with E-state index in [0.29, 0.717) is 6.54 Å². The minimum atomic E-state index is 0.551. The molecule has 0 radical (unpaired) electrons. The molecule has 0 spiro atoms. The van der Waals surface area contributed by atoms with Crippen molar-refractivity contribution in [2.75, 3.05) is 6.54 Å². The van der Waals surface area contributed by atoms with Crippen LogP contribution in [0.25, 0.3) is 11.8 Å². The minimum Gasteiger partial charge on any atom is -0.327 e. The van der Waals surface area contributed by atoms with Crippen molar-refractivity contribution < 1.29 is 0 Å². The van der Waals surface area contributed by atoms with Crippen molar-refractivity contribution in [1.82, 2.24) is 9.78 Å².